The van der Waals surface area contributed by atoms with E-state index in [1.165, 1.54) is 24.3 Å². The number of aromatic amines is 1. The summed E-state index contributed by atoms with van der Waals surface area (Å²) in [6.07, 6.45) is -0.312. The number of hydrogen-bond donors (Lipinski definition) is 1. The minimum Gasteiger partial charge on any atom is -0.479 e. The van der Waals surface area contributed by atoms with Crippen LogP contribution in [0.25, 0.3) is 11.0 Å². The summed E-state index contributed by atoms with van der Waals surface area (Å²) in [6, 6.07) is 12.8. The number of para-hydroxylation sites is 2. The van der Waals surface area contributed by atoms with Crippen molar-refractivity contribution >= 4 is 17.0 Å². The van der Waals surface area contributed by atoms with Gasteiger partial charge in [-0.3, -0.25) is 4.57 Å². The molecule has 3 rings (SSSR count). The predicted molar refractivity (Wildman–Crippen MR) is 94.6 cm³/mol. The normalized spacial score (nSPS) is 12.1. The second-order valence-electron chi connectivity index (χ2n) is 5.83. The molecule has 1 atom stereocenters. The number of aryl methyl sites for hydroxylation is 1. The van der Waals surface area contributed by atoms with Gasteiger partial charge in [0.1, 0.15) is 11.6 Å². The SMILES string of the molecule is C[C@H](Oc1ccc(F)cc1)C(=O)OCCCn1c(=O)[nH]c2ccccc21. The fraction of sp³-hybridized carbons (Fsp3) is 0.263. The van der Waals surface area contributed by atoms with Crippen molar-refractivity contribution in [1.82, 2.24) is 9.55 Å². The molecule has 0 bridgehead atoms. The predicted octanol–water partition coefficient (Wildman–Crippen LogP) is 2.87. The molecule has 0 saturated heterocycles. The fourth-order valence-electron chi connectivity index (χ4n) is 2.61. The lowest BCUT2D eigenvalue weighted by Crippen LogP contribution is -2.27. The number of rotatable bonds is 7. The number of carbonyl (C=O) groups excluding carboxylic acids is 1. The van der Waals surface area contributed by atoms with E-state index in [9.17, 15) is 14.0 Å². The summed E-state index contributed by atoms with van der Waals surface area (Å²) >= 11 is 0. The third kappa shape index (κ3) is 4.11. The summed E-state index contributed by atoms with van der Waals surface area (Å²) in [5, 5.41) is 0. The number of imidazole rings is 1. The largest absolute Gasteiger partial charge is 0.479 e. The van der Waals surface area contributed by atoms with Crippen LogP contribution >= 0.6 is 0 Å². The molecule has 1 heterocycles. The van der Waals surface area contributed by atoms with Gasteiger partial charge in [0.15, 0.2) is 6.10 Å². The Morgan fingerprint density at radius 2 is 1.92 bits per heavy atom. The molecule has 6 nitrogen and oxygen atoms in total. The average Bonchev–Trinajstić information content (AvgIpc) is 2.95. The van der Waals surface area contributed by atoms with Gasteiger partial charge in [-0.25, -0.2) is 14.0 Å². The molecule has 0 amide bonds. The van der Waals surface area contributed by atoms with Gasteiger partial charge in [0.2, 0.25) is 0 Å². The Morgan fingerprint density at radius 1 is 1.19 bits per heavy atom. The molecule has 0 fully saturated rings. The molecule has 2 aromatic carbocycles. The van der Waals surface area contributed by atoms with Gasteiger partial charge in [0, 0.05) is 6.54 Å². The number of fused-ring (bicyclic) bond motifs is 1. The van der Waals surface area contributed by atoms with E-state index >= 15 is 0 Å². The Kier molecular flexibility index (Phi) is 5.36. The molecule has 3 aromatic rings. The van der Waals surface area contributed by atoms with Crippen LogP contribution < -0.4 is 10.4 Å². The molecule has 136 valence electrons. The maximum atomic E-state index is 12.9. The molecule has 0 aliphatic heterocycles. The maximum Gasteiger partial charge on any atom is 0.347 e. The van der Waals surface area contributed by atoms with Gasteiger partial charge in [-0.2, -0.15) is 0 Å². The topological polar surface area (TPSA) is 73.3 Å². The highest BCUT2D eigenvalue weighted by atomic mass is 19.1. The van der Waals surface area contributed by atoms with Gasteiger partial charge in [-0.15, -0.1) is 0 Å². The molecular weight excluding hydrogens is 339 g/mol. The first-order valence-electron chi connectivity index (χ1n) is 8.31. The molecule has 0 saturated carbocycles. The highest BCUT2D eigenvalue weighted by Gasteiger charge is 2.16. The number of nitrogens with zero attached hydrogens (tertiary/aromatic N) is 1. The van der Waals surface area contributed by atoms with Crippen molar-refractivity contribution in [3.63, 3.8) is 0 Å². The number of carbonyl (C=O) groups is 1. The monoisotopic (exact) mass is 358 g/mol. The number of nitrogens with one attached hydrogen (secondary N) is 1. The number of H-pyrrole nitrogens is 1. The average molecular weight is 358 g/mol. The number of aromatic nitrogens is 2. The molecule has 0 radical (unpaired) electrons. The van der Waals surface area contributed by atoms with Crippen LogP contribution in [0.1, 0.15) is 13.3 Å². The summed E-state index contributed by atoms with van der Waals surface area (Å²) in [4.78, 5) is 26.7. The lowest BCUT2D eigenvalue weighted by atomic mass is 10.3. The van der Waals surface area contributed by atoms with Crippen molar-refractivity contribution in [2.45, 2.75) is 26.0 Å². The van der Waals surface area contributed by atoms with Crippen molar-refractivity contribution in [1.29, 1.82) is 0 Å². The van der Waals surface area contributed by atoms with Crippen molar-refractivity contribution < 1.29 is 18.7 Å². The Bertz CT molecular complexity index is 946. The van der Waals surface area contributed by atoms with Gasteiger partial charge in [0.05, 0.1) is 17.6 Å². The minimum absolute atomic E-state index is 0.169. The molecule has 0 aliphatic carbocycles. The summed E-state index contributed by atoms with van der Waals surface area (Å²) in [5.74, 6) is -0.498. The van der Waals surface area contributed by atoms with E-state index in [1.807, 2.05) is 24.3 Å². The summed E-state index contributed by atoms with van der Waals surface area (Å²) in [5.41, 5.74) is 1.40. The van der Waals surface area contributed by atoms with Gasteiger partial charge in [-0.05, 0) is 49.7 Å². The lowest BCUT2D eigenvalue weighted by Gasteiger charge is -2.14. The molecular formula is C19H19FN2O4. The smallest absolute Gasteiger partial charge is 0.347 e. The highest BCUT2D eigenvalue weighted by molar-refractivity contribution is 5.75. The summed E-state index contributed by atoms with van der Waals surface area (Å²) in [7, 11) is 0. The number of ether oxygens (including phenoxy) is 2. The zero-order valence-corrected chi connectivity index (χ0v) is 14.3. The molecule has 0 unspecified atom stereocenters. The van der Waals surface area contributed by atoms with Crippen molar-refractivity contribution in [3.8, 4) is 5.75 Å². The quantitative estimate of drug-likeness (QED) is 0.521. The van der Waals surface area contributed by atoms with Crippen molar-refractivity contribution in [3.05, 3.63) is 64.8 Å². The van der Waals surface area contributed by atoms with E-state index in [0.717, 1.165) is 11.0 Å². The van der Waals surface area contributed by atoms with Gasteiger partial charge in [0.25, 0.3) is 0 Å². The summed E-state index contributed by atoms with van der Waals surface area (Å²) < 4.78 is 25.1. The zero-order valence-electron chi connectivity index (χ0n) is 14.3. The summed E-state index contributed by atoms with van der Waals surface area (Å²) in [6.45, 7) is 2.17. The molecule has 7 heteroatoms. The molecule has 0 aliphatic rings. The Labute approximate surface area is 149 Å². The van der Waals surface area contributed by atoms with Gasteiger partial charge < -0.3 is 14.5 Å². The van der Waals surface area contributed by atoms with Crippen LogP contribution in [0.3, 0.4) is 0 Å². The lowest BCUT2D eigenvalue weighted by molar-refractivity contribution is -0.151. The molecule has 1 aromatic heterocycles. The Balaban J connectivity index is 1.48. The molecule has 0 spiro atoms. The molecule has 26 heavy (non-hydrogen) atoms. The number of esters is 1. The fourth-order valence-corrected chi connectivity index (χ4v) is 2.61. The third-order valence-corrected chi connectivity index (χ3v) is 3.91. The van der Waals surface area contributed by atoms with Gasteiger partial charge in [-0.1, -0.05) is 12.1 Å². The van der Waals surface area contributed by atoms with Crippen molar-refractivity contribution in [2.75, 3.05) is 6.61 Å². The third-order valence-electron chi connectivity index (χ3n) is 3.91. The van der Waals surface area contributed by atoms with Crippen LogP contribution in [-0.4, -0.2) is 28.2 Å². The van der Waals surface area contributed by atoms with Crippen LogP contribution in [0, 0.1) is 5.82 Å². The maximum absolute atomic E-state index is 12.9. The van der Waals surface area contributed by atoms with Crippen LogP contribution in [0.15, 0.2) is 53.3 Å². The number of halogens is 1. The van der Waals surface area contributed by atoms with E-state index in [2.05, 4.69) is 4.98 Å². The minimum atomic E-state index is -0.809. The van der Waals surface area contributed by atoms with Crippen LogP contribution in [0.4, 0.5) is 4.39 Å². The Morgan fingerprint density at radius 3 is 2.69 bits per heavy atom. The highest BCUT2D eigenvalue weighted by Crippen LogP contribution is 2.14. The molecule has 1 N–H and O–H groups in total. The first-order valence-corrected chi connectivity index (χ1v) is 8.31. The van der Waals surface area contributed by atoms with Crippen molar-refractivity contribution in [2.24, 2.45) is 0 Å². The standard InChI is InChI=1S/C19H19FN2O4/c1-13(26-15-9-7-14(20)8-10-15)18(23)25-12-4-11-22-17-6-3-2-5-16(17)21-19(22)24/h2-3,5-10,13H,4,11-12H2,1H3,(H,21,24)/t13-/m0/s1. The second kappa shape index (κ2) is 7.86. The van der Waals surface area contributed by atoms with Gasteiger partial charge >= 0.3 is 11.7 Å². The van der Waals surface area contributed by atoms with E-state index in [0.29, 0.717) is 18.7 Å². The van der Waals surface area contributed by atoms with E-state index in [-0.39, 0.29) is 18.1 Å². The van der Waals surface area contributed by atoms with E-state index < -0.39 is 12.1 Å². The first-order chi connectivity index (χ1) is 12.5. The van der Waals surface area contributed by atoms with Crippen LogP contribution in [-0.2, 0) is 16.1 Å². The second-order valence-corrected chi connectivity index (χ2v) is 5.83. The van der Waals surface area contributed by atoms with E-state index in [1.54, 1.807) is 11.5 Å². The first kappa shape index (κ1) is 17.7. The van der Waals surface area contributed by atoms with Crippen LogP contribution in [0.5, 0.6) is 5.75 Å². The van der Waals surface area contributed by atoms with Crippen LogP contribution in [0.2, 0.25) is 0 Å². The zero-order chi connectivity index (χ0) is 18.5. The number of benzene rings is 2. The number of hydrogen-bond acceptors (Lipinski definition) is 4. The Hall–Kier alpha value is -3.09. The van der Waals surface area contributed by atoms with E-state index in [4.69, 9.17) is 9.47 Å².